The summed E-state index contributed by atoms with van der Waals surface area (Å²) in [5.74, 6) is 4.82. The minimum Gasteiger partial charge on any atom is -0.393 e. The van der Waals surface area contributed by atoms with E-state index in [-0.39, 0.29) is 17.4 Å². The van der Waals surface area contributed by atoms with Crippen molar-refractivity contribution in [1.82, 2.24) is 4.90 Å². The molecule has 0 aromatic rings. The lowest BCUT2D eigenvalue weighted by molar-refractivity contribution is -0.175. The SMILES string of the molecule is C[C@H]1CC[C@@H]2N(C1)C[C@@H]1[C@@H]3C[C@H]4[C@@H](CC(=O)[C@H]5C[C@@H](O)CC[C@@]54C)[C@@H]3CC[C@H]1[C@]2(C)O. The molecule has 0 bridgehead atoms. The Kier molecular flexibility index (Phi) is 4.78. The Balaban J connectivity index is 1.31. The van der Waals surface area contributed by atoms with E-state index in [1.54, 1.807) is 0 Å². The lowest BCUT2D eigenvalue weighted by Crippen LogP contribution is -2.67. The molecule has 0 spiro atoms. The molecule has 2 aliphatic heterocycles. The summed E-state index contributed by atoms with van der Waals surface area (Å²) in [6.45, 7) is 9.23. The Morgan fingerprint density at radius 2 is 1.71 bits per heavy atom. The van der Waals surface area contributed by atoms with E-state index in [1.807, 2.05) is 0 Å². The average Bonchev–Trinajstić information content (AvgIpc) is 3.09. The van der Waals surface area contributed by atoms with Gasteiger partial charge in [0, 0.05) is 31.5 Å². The minimum atomic E-state index is -0.570. The number of hydrogen-bond acceptors (Lipinski definition) is 4. The largest absolute Gasteiger partial charge is 0.393 e. The number of piperidine rings is 2. The Bertz CT molecular complexity index is 751. The molecule has 0 amide bonds. The first-order valence-corrected chi connectivity index (χ1v) is 13.4. The van der Waals surface area contributed by atoms with Crippen molar-refractivity contribution in [3.05, 3.63) is 0 Å². The van der Waals surface area contributed by atoms with Crippen LogP contribution in [0.3, 0.4) is 0 Å². The van der Waals surface area contributed by atoms with Gasteiger partial charge in [0.2, 0.25) is 0 Å². The van der Waals surface area contributed by atoms with Crippen LogP contribution < -0.4 is 0 Å². The molecule has 0 aromatic carbocycles. The quantitative estimate of drug-likeness (QED) is 0.613. The zero-order valence-electron chi connectivity index (χ0n) is 19.8. The van der Waals surface area contributed by atoms with Gasteiger partial charge >= 0.3 is 0 Å². The standard InChI is InChI=1S/C27H43NO3/c1-15-4-7-25-27(3,31)21-6-5-17-18(20(21)14-28(25)13-15)11-22-19(17)12-24(30)23-10-16(29)8-9-26(22,23)2/h15-23,25,29,31H,4-14H2,1-3H3/t15-,16-,17+,18+,19-,20+,21+,22-,23+,25-,26+,27-/m0/s1. The van der Waals surface area contributed by atoms with Gasteiger partial charge in [-0.1, -0.05) is 13.8 Å². The molecule has 31 heavy (non-hydrogen) atoms. The predicted octanol–water partition coefficient (Wildman–Crippen LogP) is 3.89. The van der Waals surface area contributed by atoms with Gasteiger partial charge < -0.3 is 10.2 Å². The molecule has 0 unspecified atom stereocenters. The molecule has 4 nitrogen and oxygen atoms in total. The third kappa shape index (κ3) is 2.93. The smallest absolute Gasteiger partial charge is 0.136 e. The summed E-state index contributed by atoms with van der Waals surface area (Å²) in [4.78, 5) is 15.9. The highest BCUT2D eigenvalue weighted by Gasteiger charge is 2.64. The molecule has 6 aliphatic rings. The predicted molar refractivity (Wildman–Crippen MR) is 120 cm³/mol. The Labute approximate surface area is 188 Å². The fourth-order valence-electron chi connectivity index (χ4n) is 10.4. The second-order valence-corrected chi connectivity index (χ2v) is 13.2. The van der Waals surface area contributed by atoms with Crippen molar-refractivity contribution in [3.8, 4) is 0 Å². The maximum absolute atomic E-state index is 13.2. The fourth-order valence-corrected chi connectivity index (χ4v) is 10.4. The van der Waals surface area contributed by atoms with Gasteiger partial charge in [-0.3, -0.25) is 9.69 Å². The monoisotopic (exact) mass is 429 g/mol. The lowest BCUT2D eigenvalue weighted by Gasteiger charge is -2.59. The van der Waals surface area contributed by atoms with Crippen molar-refractivity contribution >= 4 is 5.78 Å². The van der Waals surface area contributed by atoms with E-state index in [0.717, 1.165) is 44.6 Å². The first-order chi connectivity index (χ1) is 14.7. The molecule has 12 atom stereocenters. The number of carbonyl (C=O) groups is 1. The Morgan fingerprint density at radius 1 is 0.903 bits per heavy atom. The number of carbonyl (C=O) groups excluding carboxylic acids is 1. The third-order valence-electron chi connectivity index (χ3n) is 11.8. The normalized spacial score (nSPS) is 59.2. The highest BCUT2D eigenvalue weighted by Crippen LogP contribution is 2.66. The molecular formula is C27H43NO3. The summed E-state index contributed by atoms with van der Waals surface area (Å²) in [5.41, 5.74) is -0.482. The summed E-state index contributed by atoms with van der Waals surface area (Å²) in [5, 5.41) is 22.1. The van der Waals surface area contributed by atoms with Gasteiger partial charge in [0.05, 0.1) is 11.7 Å². The lowest BCUT2D eigenvalue weighted by atomic mass is 9.51. The van der Waals surface area contributed by atoms with Crippen LogP contribution in [-0.2, 0) is 4.79 Å². The highest BCUT2D eigenvalue weighted by molar-refractivity contribution is 5.83. The molecule has 4 aliphatic carbocycles. The van der Waals surface area contributed by atoms with Gasteiger partial charge in [0.15, 0.2) is 0 Å². The molecule has 174 valence electrons. The second kappa shape index (κ2) is 7.03. The van der Waals surface area contributed by atoms with E-state index in [4.69, 9.17) is 0 Å². The topological polar surface area (TPSA) is 60.8 Å². The molecule has 6 rings (SSSR count). The van der Waals surface area contributed by atoms with Crippen LogP contribution in [0.5, 0.6) is 0 Å². The summed E-state index contributed by atoms with van der Waals surface area (Å²) in [7, 11) is 0. The average molecular weight is 430 g/mol. The molecular weight excluding hydrogens is 386 g/mol. The van der Waals surface area contributed by atoms with Crippen molar-refractivity contribution < 1.29 is 15.0 Å². The van der Waals surface area contributed by atoms with Gasteiger partial charge in [0.25, 0.3) is 0 Å². The van der Waals surface area contributed by atoms with Crippen LogP contribution in [0.4, 0.5) is 0 Å². The number of hydrogen-bond donors (Lipinski definition) is 2. The molecule has 0 aromatic heterocycles. The highest BCUT2D eigenvalue weighted by atomic mass is 16.3. The fraction of sp³-hybridized carbons (Fsp3) is 0.963. The summed E-state index contributed by atoms with van der Waals surface area (Å²) in [6, 6.07) is 0.341. The van der Waals surface area contributed by atoms with Crippen LogP contribution in [0.2, 0.25) is 0 Å². The van der Waals surface area contributed by atoms with Gasteiger partial charge in [-0.15, -0.1) is 0 Å². The Hall–Kier alpha value is -0.450. The van der Waals surface area contributed by atoms with E-state index in [2.05, 4.69) is 25.7 Å². The van der Waals surface area contributed by atoms with Gasteiger partial charge in [-0.25, -0.2) is 0 Å². The van der Waals surface area contributed by atoms with Crippen LogP contribution in [0.1, 0.15) is 78.6 Å². The molecule has 2 saturated heterocycles. The van der Waals surface area contributed by atoms with Crippen molar-refractivity contribution in [2.45, 2.75) is 96.3 Å². The molecule has 4 heteroatoms. The number of ketones is 1. The summed E-state index contributed by atoms with van der Waals surface area (Å²) >= 11 is 0. The van der Waals surface area contributed by atoms with Crippen LogP contribution in [0, 0.1) is 52.8 Å². The van der Waals surface area contributed by atoms with E-state index in [0.29, 0.717) is 53.8 Å². The third-order valence-corrected chi connectivity index (χ3v) is 11.8. The number of fused-ring (bicyclic) bond motifs is 8. The zero-order valence-corrected chi connectivity index (χ0v) is 19.8. The number of rotatable bonds is 0. The first-order valence-electron chi connectivity index (χ1n) is 13.4. The van der Waals surface area contributed by atoms with Crippen molar-refractivity contribution in [1.29, 1.82) is 0 Å². The summed E-state index contributed by atoms with van der Waals surface area (Å²) in [6.07, 6.45) is 9.08. The molecule has 4 saturated carbocycles. The summed E-state index contributed by atoms with van der Waals surface area (Å²) < 4.78 is 0. The zero-order chi connectivity index (χ0) is 21.7. The number of Topliss-reactive ketones (excluding diaryl/α,β-unsaturated/α-hetero) is 1. The van der Waals surface area contributed by atoms with Crippen LogP contribution in [0.25, 0.3) is 0 Å². The van der Waals surface area contributed by atoms with Gasteiger partial charge in [0.1, 0.15) is 5.78 Å². The van der Waals surface area contributed by atoms with E-state index in [9.17, 15) is 15.0 Å². The van der Waals surface area contributed by atoms with Crippen molar-refractivity contribution in [3.63, 3.8) is 0 Å². The maximum Gasteiger partial charge on any atom is 0.136 e. The molecule has 0 radical (unpaired) electrons. The van der Waals surface area contributed by atoms with Gasteiger partial charge in [-0.2, -0.15) is 0 Å². The number of nitrogens with zero attached hydrogens (tertiary/aromatic N) is 1. The van der Waals surface area contributed by atoms with Crippen molar-refractivity contribution in [2.24, 2.45) is 52.8 Å². The van der Waals surface area contributed by atoms with Crippen LogP contribution in [0.15, 0.2) is 0 Å². The molecule has 6 fully saturated rings. The van der Waals surface area contributed by atoms with Crippen molar-refractivity contribution in [2.75, 3.05) is 13.1 Å². The second-order valence-electron chi connectivity index (χ2n) is 13.2. The van der Waals surface area contributed by atoms with E-state index < -0.39 is 5.60 Å². The molecule has 2 heterocycles. The Morgan fingerprint density at radius 3 is 2.52 bits per heavy atom. The van der Waals surface area contributed by atoms with E-state index >= 15 is 0 Å². The molecule has 2 N–H and O–H groups in total. The van der Waals surface area contributed by atoms with Crippen LogP contribution >= 0.6 is 0 Å². The first kappa shape index (κ1) is 21.1. The number of aliphatic hydroxyl groups is 2. The van der Waals surface area contributed by atoms with Gasteiger partial charge in [-0.05, 0) is 105 Å². The maximum atomic E-state index is 13.2. The van der Waals surface area contributed by atoms with E-state index in [1.165, 1.54) is 25.8 Å². The van der Waals surface area contributed by atoms with Crippen LogP contribution in [-0.4, -0.2) is 51.7 Å². The number of aliphatic hydroxyl groups excluding tert-OH is 1. The minimum absolute atomic E-state index is 0.0789.